The summed E-state index contributed by atoms with van der Waals surface area (Å²) in [5.74, 6) is 1.17. The van der Waals surface area contributed by atoms with Crippen molar-refractivity contribution in [3.8, 4) is 5.75 Å². The van der Waals surface area contributed by atoms with Crippen LogP contribution in [0.1, 0.15) is 13.3 Å². The lowest BCUT2D eigenvalue weighted by Crippen LogP contribution is -2.00. The summed E-state index contributed by atoms with van der Waals surface area (Å²) in [5, 5.41) is 18.2. The van der Waals surface area contributed by atoms with E-state index in [1.54, 1.807) is 30.8 Å². The minimum absolute atomic E-state index is 0.246. The normalized spacial score (nSPS) is 12.8. The standard InChI is InChI=1S/C10H14O2S/c1-8(11)5-6-13-10-4-2-3-9(12)7-10/h2-4,7-8,11-12H,5-6H2,1H3. The predicted octanol–water partition coefficient (Wildman–Crippen LogP) is 2.26. The first-order chi connectivity index (χ1) is 6.18. The fourth-order valence-electron chi connectivity index (χ4n) is 0.921. The van der Waals surface area contributed by atoms with Crippen molar-refractivity contribution in [1.29, 1.82) is 0 Å². The minimum atomic E-state index is -0.246. The highest BCUT2D eigenvalue weighted by atomic mass is 32.2. The number of phenolic OH excluding ortho intramolecular Hbond substituents is 1. The van der Waals surface area contributed by atoms with Crippen LogP contribution in [-0.2, 0) is 0 Å². The van der Waals surface area contributed by atoms with Crippen LogP contribution in [-0.4, -0.2) is 22.1 Å². The Labute approximate surface area is 82.6 Å². The first kappa shape index (κ1) is 10.4. The van der Waals surface area contributed by atoms with E-state index in [1.165, 1.54) is 0 Å². The van der Waals surface area contributed by atoms with E-state index in [1.807, 2.05) is 12.1 Å². The maximum Gasteiger partial charge on any atom is 0.116 e. The highest BCUT2D eigenvalue weighted by molar-refractivity contribution is 7.99. The maximum absolute atomic E-state index is 9.16. The average molecular weight is 198 g/mol. The van der Waals surface area contributed by atoms with Gasteiger partial charge in [0.1, 0.15) is 5.75 Å². The molecule has 13 heavy (non-hydrogen) atoms. The van der Waals surface area contributed by atoms with Crippen molar-refractivity contribution in [3.05, 3.63) is 24.3 Å². The van der Waals surface area contributed by atoms with Gasteiger partial charge in [0.2, 0.25) is 0 Å². The van der Waals surface area contributed by atoms with Crippen molar-refractivity contribution in [1.82, 2.24) is 0 Å². The third-order valence-corrected chi connectivity index (χ3v) is 2.65. The Morgan fingerprint density at radius 3 is 2.85 bits per heavy atom. The van der Waals surface area contributed by atoms with Crippen molar-refractivity contribution in [3.63, 3.8) is 0 Å². The number of hydrogen-bond donors (Lipinski definition) is 2. The van der Waals surface area contributed by atoms with E-state index in [4.69, 9.17) is 10.2 Å². The molecule has 72 valence electrons. The van der Waals surface area contributed by atoms with Crippen LogP contribution in [0.3, 0.4) is 0 Å². The Morgan fingerprint density at radius 1 is 1.46 bits per heavy atom. The largest absolute Gasteiger partial charge is 0.508 e. The van der Waals surface area contributed by atoms with Crippen molar-refractivity contribution in [2.45, 2.75) is 24.3 Å². The number of rotatable bonds is 4. The summed E-state index contributed by atoms with van der Waals surface area (Å²) < 4.78 is 0. The molecule has 0 heterocycles. The van der Waals surface area contributed by atoms with Gasteiger partial charge >= 0.3 is 0 Å². The topological polar surface area (TPSA) is 40.5 Å². The molecule has 0 amide bonds. The Morgan fingerprint density at radius 2 is 2.23 bits per heavy atom. The molecule has 2 nitrogen and oxygen atoms in total. The van der Waals surface area contributed by atoms with E-state index in [0.717, 1.165) is 17.1 Å². The molecule has 0 aliphatic rings. The fourth-order valence-corrected chi connectivity index (χ4v) is 1.99. The molecule has 1 unspecified atom stereocenters. The molecule has 0 radical (unpaired) electrons. The Balaban J connectivity index is 2.37. The van der Waals surface area contributed by atoms with E-state index in [0.29, 0.717) is 5.75 Å². The lowest BCUT2D eigenvalue weighted by Gasteiger charge is -2.03. The quantitative estimate of drug-likeness (QED) is 0.729. The highest BCUT2D eigenvalue weighted by Gasteiger charge is 1.98. The van der Waals surface area contributed by atoms with Gasteiger partial charge in [-0.15, -0.1) is 11.8 Å². The van der Waals surface area contributed by atoms with Crippen molar-refractivity contribution in [2.75, 3.05) is 5.75 Å². The molecule has 0 aliphatic carbocycles. The summed E-state index contributed by atoms with van der Waals surface area (Å²) in [4.78, 5) is 1.04. The number of phenols is 1. The van der Waals surface area contributed by atoms with Gasteiger partial charge in [0.05, 0.1) is 6.10 Å². The van der Waals surface area contributed by atoms with Gasteiger partial charge in [-0.3, -0.25) is 0 Å². The summed E-state index contributed by atoms with van der Waals surface area (Å²) in [6, 6.07) is 7.15. The lowest BCUT2D eigenvalue weighted by atomic mass is 10.3. The molecular weight excluding hydrogens is 184 g/mol. The van der Waals surface area contributed by atoms with Crippen LogP contribution in [0.15, 0.2) is 29.2 Å². The van der Waals surface area contributed by atoms with Crippen LogP contribution >= 0.6 is 11.8 Å². The van der Waals surface area contributed by atoms with Gasteiger partial charge in [-0.1, -0.05) is 6.07 Å². The predicted molar refractivity (Wildman–Crippen MR) is 55.1 cm³/mol. The summed E-state index contributed by atoms with van der Waals surface area (Å²) >= 11 is 1.64. The number of aliphatic hydroxyl groups excluding tert-OH is 1. The summed E-state index contributed by atoms with van der Waals surface area (Å²) in [6.45, 7) is 1.78. The van der Waals surface area contributed by atoms with Gasteiger partial charge in [-0.25, -0.2) is 0 Å². The number of aliphatic hydroxyl groups is 1. The number of thioether (sulfide) groups is 1. The lowest BCUT2D eigenvalue weighted by molar-refractivity contribution is 0.192. The highest BCUT2D eigenvalue weighted by Crippen LogP contribution is 2.22. The van der Waals surface area contributed by atoms with Crippen molar-refractivity contribution >= 4 is 11.8 Å². The fraction of sp³-hybridized carbons (Fsp3) is 0.400. The van der Waals surface area contributed by atoms with E-state index in [-0.39, 0.29) is 6.10 Å². The number of hydrogen-bond acceptors (Lipinski definition) is 3. The second kappa shape index (κ2) is 5.14. The molecule has 0 saturated carbocycles. The second-order valence-corrected chi connectivity index (χ2v) is 4.15. The van der Waals surface area contributed by atoms with E-state index in [2.05, 4.69) is 0 Å². The van der Waals surface area contributed by atoms with Gasteiger partial charge in [0.25, 0.3) is 0 Å². The third kappa shape index (κ3) is 4.20. The summed E-state index contributed by atoms with van der Waals surface area (Å²) in [7, 11) is 0. The van der Waals surface area contributed by atoms with Gasteiger partial charge < -0.3 is 10.2 Å². The number of benzene rings is 1. The molecule has 3 heteroatoms. The zero-order valence-corrected chi connectivity index (χ0v) is 8.42. The first-order valence-electron chi connectivity index (χ1n) is 4.28. The van der Waals surface area contributed by atoms with Crippen molar-refractivity contribution in [2.24, 2.45) is 0 Å². The molecule has 1 aromatic rings. The molecule has 1 atom stereocenters. The van der Waals surface area contributed by atoms with Crippen LogP contribution in [0.5, 0.6) is 5.75 Å². The Bertz CT molecular complexity index is 261. The second-order valence-electron chi connectivity index (χ2n) is 2.98. The molecule has 0 bridgehead atoms. The van der Waals surface area contributed by atoms with Gasteiger partial charge in [0.15, 0.2) is 0 Å². The smallest absolute Gasteiger partial charge is 0.116 e. The summed E-state index contributed by atoms with van der Waals surface area (Å²) in [6.07, 6.45) is 0.533. The molecule has 0 aromatic heterocycles. The van der Waals surface area contributed by atoms with Crippen LogP contribution in [0.25, 0.3) is 0 Å². The molecule has 2 N–H and O–H groups in total. The zero-order valence-electron chi connectivity index (χ0n) is 7.60. The van der Waals surface area contributed by atoms with Crippen LogP contribution in [0, 0.1) is 0 Å². The third-order valence-electron chi connectivity index (χ3n) is 1.62. The molecule has 0 aliphatic heterocycles. The minimum Gasteiger partial charge on any atom is -0.508 e. The molecule has 0 spiro atoms. The van der Waals surface area contributed by atoms with Crippen LogP contribution in [0.4, 0.5) is 0 Å². The molecular formula is C10H14O2S. The average Bonchev–Trinajstić information content (AvgIpc) is 2.03. The summed E-state index contributed by atoms with van der Waals surface area (Å²) in [5.41, 5.74) is 0. The monoisotopic (exact) mass is 198 g/mol. The molecule has 0 fully saturated rings. The maximum atomic E-state index is 9.16. The SMILES string of the molecule is CC(O)CCSc1cccc(O)c1. The Hall–Kier alpha value is -0.670. The van der Waals surface area contributed by atoms with Gasteiger partial charge in [-0.05, 0) is 31.5 Å². The van der Waals surface area contributed by atoms with Gasteiger partial charge in [-0.2, -0.15) is 0 Å². The molecule has 0 saturated heterocycles. The van der Waals surface area contributed by atoms with Crippen LogP contribution < -0.4 is 0 Å². The van der Waals surface area contributed by atoms with Gasteiger partial charge in [0, 0.05) is 10.6 Å². The first-order valence-corrected chi connectivity index (χ1v) is 5.27. The van der Waals surface area contributed by atoms with E-state index < -0.39 is 0 Å². The molecule has 1 rings (SSSR count). The number of aromatic hydroxyl groups is 1. The van der Waals surface area contributed by atoms with E-state index >= 15 is 0 Å². The van der Waals surface area contributed by atoms with Crippen LogP contribution in [0.2, 0.25) is 0 Å². The Kier molecular flexibility index (Phi) is 4.12. The van der Waals surface area contributed by atoms with Crippen molar-refractivity contribution < 1.29 is 10.2 Å². The van der Waals surface area contributed by atoms with E-state index in [9.17, 15) is 0 Å². The zero-order chi connectivity index (χ0) is 9.68. The molecule has 1 aromatic carbocycles.